The number of nitrogens with one attached hydrogen (secondary N) is 2. The fourth-order valence-corrected chi connectivity index (χ4v) is 7.25. The molecule has 8 nitrogen and oxygen atoms in total. The normalized spacial score (nSPS) is 19.0. The van der Waals surface area contributed by atoms with Crippen LogP contribution < -0.4 is 10.6 Å². The maximum atomic E-state index is 13.6. The van der Waals surface area contributed by atoms with Crippen molar-refractivity contribution in [2.45, 2.75) is 62.9 Å². The van der Waals surface area contributed by atoms with Crippen molar-refractivity contribution in [1.29, 1.82) is 0 Å². The van der Waals surface area contributed by atoms with E-state index in [1.165, 1.54) is 49.7 Å². The monoisotopic (exact) mass is 518 g/mol. The number of hydrogen-bond donors (Lipinski definition) is 2. The maximum absolute atomic E-state index is 13.6. The second kappa shape index (κ2) is 8.99. The van der Waals surface area contributed by atoms with Gasteiger partial charge < -0.3 is 15.5 Å². The average molecular weight is 519 g/mol. The Morgan fingerprint density at radius 2 is 1.66 bits per heavy atom. The molecule has 3 heterocycles. The van der Waals surface area contributed by atoms with Crippen molar-refractivity contribution in [1.82, 2.24) is 14.5 Å². The van der Waals surface area contributed by atoms with Gasteiger partial charge in [-0.3, -0.25) is 9.59 Å². The maximum Gasteiger partial charge on any atom is 0.257 e. The van der Waals surface area contributed by atoms with Gasteiger partial charge in [0.05, 0.1) is 10.5 Å². The SMILES string of the molecule is CN(C)S(=O)(=O)c1ccc(C(=O)Nc2sc3c(c2C(=O)N2CCCC2)CC(C)(C)NC3(C)C)cc1. The van der Waals surface area contributed by atoms with Gasteiger partial charge in [-0.05, 0) is 76.8 Å². The summed E-state index contributed by atoms with van der Waals surface area (Å²) in [6, 6.07) is 5.84. The second-order valence-electron chi connectivity index (χ2n) is 10.7. The summed E-state index contributed by atoms with van der Waals surface area (Å²) in [5.74, 6) is -0.408. The van der Waals surface area contributed by atoms with Crippen LogP contribution in [0.3, 0.4) is 0 Å². The van der Waals surface area contributed by atoms with E-state index >= 15 is 0 Å². The fourth-order valence-electron chi connectivity index (χ4n) is 5.08. The van der Waals surface area contributed by atoms with Gasteiger partial charge in [-0.1, -0.05) is 0 Å². The highest BCUT2D eigenvalue weighted by atomic mass is 32.2. The second-order valence-corrected chi connectivity index (χ2v) is 13.9. The lowest BCUT2D eigenvalue weighted by atomic mass is 9.81. The van der Waals surface area contributed by atoms with E-state index in [0.29, 0.717) is 22.5 Å². The third kappa shape index (κ3) is 4.89. The van der Waals surface area contributed by atoms with Crippen LogP contribution in [-0.2, 0) is 22.0 Å². The molecule has 2 amide bonds. The Bertz CT molecular complexity index is 1260. The van der Waals surface area contributed by atoms with Crippen LogP contribution in [0.4, 0.5) is 5.00 Å². The number of hydrogen-bond acceptors (Lipinski definition) is 6. The largest absolute Gasteiger partial charge is 0.339 e. The Morgan fingerprint density at radius 1 is 1.06 bits per heavy atom. The van der Waals surface area contributed by atoms with Gasteiger partial charge in [-0.15, -0.1) is 11.3 Å². The van der Waals surface area contributed by atoms with Crippen molar-refractivity contribution in [2.75, 3.05) is 32.5 Å². The first kappa shape index (κ1) is 25.8. The van der Waals surface area contributed by atoms with E-state index in [1.54, 1.807) is 0 Å². The van der Waals surface area contributed by atoms with Crippen molar-refractivity contribution in [3.63, 3.8) is 0 Å². The van der Waals surface area contributed by atoms with Crippen LogP contribution in [0.5, 0.6) is 0 Å². The van der Waals surface area contributed by atoms with Gasteiger partial charge in [0.25, 0.3) is 11.8 Å². The van der Waals surface area contributed by atoms with Gasteiger partial charge in [0, 0.05) is 48.7 Å². The van der Waals surface area contributed by atoms with Crippen molar-refractivity contribution in [3.8, 4) is 0 Å². The predicted octanol–water partition coefficient (Wildman–Crippen LogP) is 3.65. The number of nitrogens with zero attached hydrogens (tertiary/aromatic N) is 2. The third-order valence-electron chi connectivity index (χ3n) is 6.57. The van der Waals surface area contributed by atoms with E-state index in [9.17, 15) is 18.0 Å². The van der Waals surface area contributed by atoms with Gasteiger partial charge in [-0.25, -0.2) is 12.7 Å². The van der Waals surface area contributed by atoms with Gasteiger partial charge in [0.1, 0.15) is 5.00 Å². The molecule has 0 saturated carbocycles. The predicted molar refractivity (Wildman–Crippen MR) is 139 cm³/mol. The van der Waals surface area contributed by atoms with E-state index in [2.05, 4.69) is 38.3 Å². The lowest BCUT2D eigenvalue weighted by Gasteiger charge is -2.42. The summed E-state index contributed by atoms with van der Waals surface area (Å²) in [7, 11) is -0.659. The van der Waals surface area contributed by atoms with Crippen LogP contribution in [0.25, 0.3) is 0 Å². The number of thiophene rings is 1. The van der Waals surface area contributed by atoms with Crippen LogP contribution in [-0.4, -0.2) is 62.2 Å². The first-order valence-electron chi connectivity index (χ1n) is 11.8. The Hall–Kier alpha value is -2.27. The first-order valence-corrected chi connectivity index (χ1v) is 14.1. The average Bonchev–Trinajstić information content (AvgIpc) is 3.41. The molecule has 0 atom stereocenters. The molecule has 0 aliphatic carbocycles. The number of carbonyl (C=O) groups is 2. The molecule has 1 aromatic heterocycles. The zero-order chi connectivity index (χ0) is 25.8. The van der Waals surface area contributed by atoms with Gasteiger partial charge in [-0.2, -0.15) is 0 Å². The number of fused-ring (bicyclic) bond motifs is 1. The van der Waals surface area contributed by atoms with E-state index in [1.807, 2.05) is 4.90 Å². The summed E-state index contributed by atoms with van der Waals surface area (Å²) < 4.78 is 25.8. The Morgan fingerprint density at radius 3 is 2.23 bits per heavy atom. The van der Waals surface area contributed by atoms with Crippen molar-refractivity contribution in [2.24, 2.45) is 0 Å². The highest BCUT2D eigenvalue weighted by Gasteiger charge is 2.42. The van der Waals surface area contributed by atoms with Crippen LogP contribution in [0, 0.1) is 0 Å². The highest BCUT2D eigenvalue weighted by molar-refractivity contribution is 7.89. The first-order chi connectivity index (χ1) is 16.2. The number of benzene rings is 1. The fraction of sp³-hybridized carbons (Fsp3) is 0.520. The molecule has 2 aliphatic heterocycles. The molecule has 0 radical (unpaired) electrons. The van der Waals surface area contributed by atoms with E-state index in [0.717, 1.165) is 40.7 Å². The summed E-state index contributed by atoms with van der Waals surface area (Å²) in [5, 5.41) is 7.19. The summed E-state index contributed by atoms with van der Waals surface area (Å²) in [6.07, 6.45) is 2.66. The van der Waals surface area contributed by atoms with Crippen molar-refractivity contribution in [3.05, 3.63) is 45.8 Å². The van der Waals surface area contributed by atoms with Gasteiger partial charge in [0.2, 0.25) is 10.0 Å². The zero-order valence-corrected chi connectivity index (χ0v) is 22.8. The smallest absolute Gasteiger partial charge is 0.257 e. The number of amides is 2. The van der Waals surface area contributed by atoms with Gasteiger partial charge in [0.15, 0.2) is 0 Å². The lowest BCUT2D eigenvalue weighted by Crippen LogP contribution is -2.55. The quantitative estimate of drug-likeness (QED) is 0.630. The molecule has 1 fully saturated rings. The molecule has 35 heavy (non-hydrogen) atoms. The molecule has 190 valence electrons. The minimum atomic E-state index is -3.59. The number of likely N-dealkylation sites (tertiary alicyclic amines) is 1. The molecule has 2 aliphatic rings. The number of anilines is 1. The van der Waals surface area contributed by atoms with Crippen LogP contribution >= 0.6 is 11.3 Å². The molecule has 10 heteroatoms. The molecule has 2 N–H and O–H groups in total. The van der Waals surface area contributed by atoms with Crippen LogP contribution in [0.1, 0.15) is 71.7 Å². The van der Waals surface area contributed by atoms with E-state index < -0.39 is 10.0 Å². The number of sulfonamides is 1. The highest BCUT2D eigenvalue weighted by Crippen LogP contribution is 2.45. The molecule has 2 aromatic rings. The summed E-state index contributed by atoms with van der Waals surface area (Å²) in [6.45, 7) is 9.90. The standard InChI is InChI=1S/C25H34N4O4S2/c1-24(2)15-18-19(23(31)29-13-7-8-14-29)22(34-20(18)25(3,4)27-24)26-21(30)16-9-11-17(12-10-16)35(32,33)28(5)6/h9-12,27H,7-8,13-15H2,1-6H3,(H,26,30). The summed E-state index contributed by atoms with van der Waals surface area (Å²) in [4.78, 5) is 29.9. The van der Waals surface area contributed by atoms with E-state index in [4.69, 9.17) is 0 Å². The molecular weight excluding hydrogens is 484 g/mol. The molecule has 0 bridgehead atoms. The number of rotatable bonds is 5. The van der Waals surface area contributed by atoms with Crippen LogP contribution in [0.15, 0.2) is 29.2 Å². The third-order valence-corrected chi connectivity index (χ3v) is 9.87. The number of carbonyl (C=O) groups excluding carboxylic acids is 2. The zero-order valence-electron chi connectivity index (χ0n) is 21.2. The molecule has 1 saturated heterocycles. The van der Waals surface area contributed by atoms with Crippen molar-refractivity contribution >= 4 is 38.2 Å². The van der Waals surface area contributed by atoms with Crippen LogP contribution in [0.2, 0.25) is 0 Å². The summed E-state index contributed by atoms with van der Waals surface area (Å²) >= 11 is 1.45. The Balaban J connectivity index is 1.71. The molecule has 0 unspecified atom stereocenters. The molecule has 0 spiro atoms. The molecule has 4 rings (SSSR count). The lowest BCUT2D eigenvalue weighted by molar-refractivity contribution is 0.0792. The minimum absolute atomic E-state index is 0.0313. The van der Waals surface area contributed by atoms with Gasteiger partial charge >= 0.3 is 0 Å². The minimum Gasteiger partial charge on any atom is -0.339 e. The Kier molecular flexibility index (Phi) is 6.63. The van der Waals surface area contributed by atoms with E-state index in [-0.39, 0.29) is 27.8 Å². The summed E-state index contributed by atoms with van der Waals surface area (Å²) in [5.41, 5.74) is 1.36. The molecule has 1 aromatic carbocycles. The van der Waals surface area contributed by atoms with Crippen molar-refractivity contribution < 1.29 is 18.0 Å². The topological polar surface area (TPSA) is 98.8 Å². The molecular formula is C25H34N4O4S2. The Labute approximate surface area is 211 Å².